The number of carboxylic acid groups (broad SMARTS) is 2. The fourth-order valence-electron chi connectivity index (χ4n) is 6.68. The van der Waals surface area contributed by atoms with Crippen LogP contribution in [0, 0.1) is 0 Å². The molecule has 0 aromatic heterocycles. The molecule has 0 saturated carbocycles. The Morgan fingerprint density at radius 3 is 1.29 bits per heavy atom. The highest BCUT2D eigenvalue weighted by molar-refractivity contribution is 6.41. The standard InChI is InChI=1S/C41H81N19O9/c1-25(61)26(11-3-4-18-42)51-19-5-2-6-20-52-27(16-17-32(62)63)33(64)34(65)28(12-7-21-53-38(43)44)57-35(66)29(13-8-22-54-39(45)46)58-36(67)30(14-9-23-55-40(47)48)59-60-31(37(68)69)15-10-24-56-41(49)50/h26-31,51-52,59-60H,2-24,42H2,1H3,(H,57,66)(H,58,67)(H,62,63)(H,68,69)(H4,43,44,53)(H4,45,46,54)(H4,47,48,55)(H4,49,50,56)/t26-,27-,28-,29?,30-,31-/m0/s1. The van der Waals surface area contributed by atoms with Gasteiger partial charge < -0.3 is 83.1 Å². The Labute approximate surface area is 403 Å². The molecule has 0 aliphatic heterocycles. The molecule has 2 amide bonds. The van der Waals surface area contributed by atoms with Gasteiger partial charge in [-0.2, -0.15) is 0 Å². The Morgan fingerprint density at radius 2 is 0.841 bits per heavy atom. The lowest BCUT2D eigenvalue weighted by atomic mass is 9.95. The molecule has 0 bridgehead atoms. The lowest BCUT2D eigenvalue weighted by Crippen LogP contribution is -2.59. The topological polar surface area (TPSA) is 516 Å². The van der Waals surface area contributed by atoms with Crippen molar-refractivity contribution < 1.29 is 43.8 Å². The number of unbranched alkanes of at least 4 members (excludes halogenated alkanes) is 3. The van der Waals surface area contributed by atoms with Crippen LogP contribution < -0.4 is 83.7 Å². The molecule has 28 heteroatoms. The number of hydrazine groups is 1. The van der Waals surface area contributed by atoms with Crippen LogP contribution >= 0.6 is 0 Å². The fourth-order valence-corrected chi connectivity index (χ4v) is 6.68. The molecule has 0 aromatic rings. The van der Waals surface area contributed by atoms with Crippen molar-refractivity contribution in [3.63, 3.8) is 0 Å². The number of rotatable bonds is 43. The van der Waals surface area contributed by atoms with Crippen molar-refractivity contribution >= 4 is 64.9 Å². The van der Waals surface area contributed by atoms with Crippen molar-refractivity contribution in [1.29, 1.82) is 0 Å². The van der Waals surface area contributed by atoms with Gasteiger partial charge in [-0.25, -0.2) is 10.9 Å². The molecule has 394 valence electrons. The van der Waals surface area contributed by atoms with E-state index in [0.717, 1.165) is 12.8 Å². The summed E-state index contributed by atoms with van der Waals surface area (Å²) in [5.74, 6) is -6.83. The maximum atomic E-state index is 14.2. The number of ketones is 3. The lowest BCUT2D eigenvalue weighted by Gasteiger charge is -2.26. The van der Waals surface area contributed by atoms with Crippen LogP contribution in [0.5, 0.6) is 0 Å². The second kappa shape index (κ2) is 37.7. The zero-order valence-electron chi connectivity index (χ0n) is 40.0. The van der Waals surface area contributed by atoms with Gasteiger partial charge in [0.1, 0.15) is 23.9 Å². The van der Waals surface area contributed by atoms with Crippen LogP contribution in [0.15, 0.2) is 20.0 Å². The predicted molar refractivity (Wildman–Crippen MR) is 263 cm³/mol. The summed E-state index contributed by atoms with van der Waals surface area (Å²) < 4.78 is 0. The van der Waals surface area contributed by atoms with E-state index < -0.39 is 71.9 Å². The Bertz CT molecular complexity index is 1700. The number of aliphatic imine (C=N–C) groups is 4. The smallest absolute Gasteiger partial charge is 0.322 e. The number of aliphatic carboxylic acids is 2. The molecular weight excluding hydrogens is 903 g/mol. The third-order valence-electron chi connectivity index (χ3n) is 10.4. The summed E-state index contributed by atoms with van der Waals surface area (Å²) in [5.41, 5.74) is 54.5. The first kappa shape index (κ1) is 62.8. The number of nitrogens with one attached hydrogen (secondary N) is 6. The Balaban J connectivity index is 6.45. The number of guanidine groups is 4. The number of carbonyl (C=O) groups excluding carboxylic acids is 5. The van der Waals surface area contributed by atoms with E-state index >= 15 is 0 Å². The predicted octanol–water partition coefficient (Wildman–Crippen LogP) is -5.11. The maximum Gasteiger partial charge on any atom is 0.322 e. The van der Waals surface area contributed by atoms with E-state index in [0.29, 0.717) is 38.8 Å². The first-order chi connectivity index (χ1) is 32.7. The van der Waals surface area contributed by atoms with E-state index in [1.54, 1.807) is 0 Å². The van der Waals surface area contributed by atoms with Gasteiger partial charge in [0, 0.05) is 32.6 Å². The van der Waals surface area contributed by atoms with E-state index in [1.165, 1.54) is 6.92 Å². The van der Waals surface area contributed by atoms with Gasteiger partial charge in [-0.3, -0.25) is 53.5 Å². The number of hydrogen-bond acceptors (Lipinski definition) is 16. The number of carboxylic acids is 2. The van der Waals surface area contributed by atoms with Crippen molar-refractivity contribution in [2.45, 2.75) is 146 Å². The van der Waals surface area contributed by atoms with Crippen LogP contribution in [0.25, 0.3) is 0 Å². The van der Waals surface area contributed by atoms with Gasteiger partial charge in [0.2, 0.25) is 23.4 Å². The summed E-state index contributed by atoms with van der Waals surface area (Å²) in [7, 11) is 0. The Hall–Kier alpha value is -6.23. The average Bonchev–Trinajstić information content (AvgIpc) is 3.27. The molecule has 0 spiro atoms. The molecule has 0 heterocycles. The summed E-state index contributed by atoms with van der Waals surface area (Å²) in [4.78, 5) is 107. The van der Waals surface area contributed by atoms with Gasteiger partial charge in [-0.1, -0.05) is 12.8 Å². The highest BCUT2D eigenvalue weighted by atomic mass is 16.4. The molecular formula is C41H81N19O9. The van der Waals surface area contributed by atoms with Crippen LogP contribution in [0.2, 0.25) is 0 Å². The van der Waals surface area contributed by atoms with Crippen molar-refractivity contribution in [2.24, 2.45) is 71.6 Å². The molecule has 0 rings (SSSR count). The van der Waals surface area contributed by atoms with Crippen molar-refractivity contribution in [2.75, 3.05) is 45.8 Å². The third-order valence-corrected chi connectivity index (χ3v) is 10.4. The van der Waals surface area contributed by atoms with Crippen LogP contribution in [0.3, 0.4) is 0 Å². The monoisotopic (exact) mass is 984 g/mol. The van der Waals surface area contributed by atoms with E-state index in [4.69, 9.17) is 51.6 Å². The molecule has 69 heavy (non-hydrogen) atoms. The second-order valence-corrected chi connectivity index (χ2v) is 16.3. The van der Waals surface area contributed by atoms with Gasteiger partial charge in [-0.15, -0.1) is 0 Å². The van der Waals surface area contributed by atoms with Gasteiger partial charge in [0.15, 0.2) is 23.8 Å². The maximum absolute atomic E-state index is 14.2. The van der Waals surface area contributed by atoms with Gasteiger partial charge in [0.25, 0.3) is 0 Å². The van der Waals surface area contributed by atoms with Crippen LogP contribution in [0.1, 0.15) is 110 Å². The van der Waals surface area contributed by atoms with Crippen molar-refractivity contribution in [3.05, 3.63) is 0 Å². The van der Waals surface area contributed by atoms with Crippen LogP contribution in [-0.4, -0.2) is 157 Å². The first-order valence-corrected chi connectivity index (χ1v) is 23.2. The van der Waals surface area contributed by atoms with Gasteiger partial charge >= 0.3 is 11.9 Å². The summed E-state index contributed by atoms with van der Waals surface area (Å²) in [6.07, 6.45) is 4.26. The normalized spacial score (nSPS) is 13.5. The molecule has 28 nitrogen and oxygen atoms in total. The molecule has 1 unspecified atom stereocenters. The van der Waals surface area contributed by atoms with Crippen molar-refractivity contribution in [1.82, 2.24) is 32.1 Å². The van der Waals surface area contributed by atoms with Crippen LogP contribution in [0.4, 0.5) is 0 Å². The fraction of sp³-hybridized carbons (Fsp3) is 0.732. The second-order valence-electron chi connectivity index (χ2n) is 16.3. The van der Waals surface area contributed by atoms with E-state index in [1.807, 2.05) is 0 Å². The minimum absolute atomic E-state index is 0.0249. The Morgan fingerprint density at radius 1 is 0.449 bits per heavy atom. The van der Waals surface area contributed by atoms with Crippen LogP contribution in [-0.2, 0) is 33.6 Å². The molecule has 6 atom stereocenters. The molecule has 0 aliphatic carbocycles. The SMILES string of the molecule is CC(=O)[C@H](CCCCN)NCCCCCN[C@@H](CCC(=O)O)C(=O)C(=O)[C@H](CCCN=C(N)N)NC(=O)C(CCCN=C(N)N)NC(=O)[C@H](CCCN=C(N)N)NN[C@@H](CCCN=C(N)N)C(=O)O. The summed E-state index contributed by atoms with van der Waals surface area (Å²) >= 11 is 0. The number of amides is 2. The lowest BCUT2D eigenvalue weighted by molar-refractivity contribution is -0.141. The zero-order chi connectivity index (χ0) is 52.1. The highest BCUT2D eigenvalue weighted by Gasteiger charge is 2.34. The molecule has 0 aromatic carbocycles. The van der Waals surface area contributed by atoms with Gasteiger partial charge in [-0.05, 0) is 110 Å². The molecule has 0 radical (unpaired) electrons. The first-order valence-electron chi connectivity index (χ1n) is 23.2. The summed E-state index contributed by atoms with van der Waals surface area (Å²) in [6, 6.07) is -6.70. The number of carbonyl (C=O) groups is 7. The molecule has 0 saturated heterocycles. The average molecular weight is 984 g/mol. The number of hydrogen-bond donors (Lipinski definition) is 17. The number of nitrogens with zero attached hydrogens (tertiary/aromatic N) is 4. The molecule has 0 aliphatic rings. The molecule has 26 N–H and O–H groups in total. The summed E-state index contributed by atoms with van der Waals surface area (Å²) in [5, 5.41) is 30.9. The zero-order valence-corrected chi connectivity index (χ0v) is 40.0. The van der Waals surface area contributed by atoms with E-state index in [9.17, 15) is 43.8 Å². The number of nitrogens with two attached hydrogens (primary N) is 9. The largest absolute Gasteiger partial charge is 0.481 e. The minimum Gasteiger partial charge on any atom is -0.481 e. The number of Topliss-reactive ketones (excluding diaryl/α,β-unsaturated/α-hetero) is 3. The minimum atomic E-state index is -1.47. The van der Waals surface area contributed by atoms with Crippen molar-refractivity contribution in [3.8, 4) is 0 Å². The van der Waals surface area contributed by atoms with E-state index in [2.05, 4.69) is 52.1 Å². The van der Waals surface area contributed by atoms with E-state index in [-0.39, 0.29) is 126 Å². The third kappa shape index (κ3) is 32.2. The van der Waals surface area contributed by atoms with Gasteiger partial charge in [0.05, 0.1) is 18.1 Å². The summed E-state index contributed by atoms with van der Waals surface area (Å²) in [6.45, 7) is 3.23. The molecule has 0 fully saturated rings. The Kier molecular flexibility index (Phi) is 34.3. The quantitative estimate of drug-likeness (QED) is 0.00893. The highest BCUT2D eigenvalue weighted by Crippen LogP contribution is 2.11.